The van der Waals surface area contributed by atoms with Crippen molar-refractivity contribution < 1.29 is 19.4 Å². The van der Waals surface area contributed by atoms with Gasteiger partial charge >= 0.3 is 12.1 Å². The van der Waals surface area contributed by atoms with Crippen LogP contribution in [0.15, 0.2) is 0 Å². The van der Waals surface area contributed by atoms with E-state index in [1.54, 1.807) is 20.8 Å². The van der Waals surface area contributed by atoms with Gasteiger partial charge in [0.15, 0.2) is 0 Å². The van der Waals surface area contributed by atoms with E-state index in [1.807, 2.05) is 0 Å². The molecule has 0 spiro atoms. The molecule has 0 saturated heterocycles. The predicted molar refractivity (Wildman–Crippen MR) is 55.7 cm³/mol. The molecule has 0 aromatic rings. The molecule has 0 aromatic carbocycles. The Labute approximate surface area is 90.0 Å². The SMILES string of the molecule is CN(C(=O)OC(C)(C)C)C(C)(C)C(=O)O. The van der Waals surface area contributed by atoms with Gasteiger partial charge in [-0.3, -0.25) is 4.90 Å². The number of carboxylic acids is 1. The van der Waals surface area contributed by atoms with E-state index in [2.05, 4.69) is 0 Å². The number of amides is 1. The van der Waals surface area contributed by atoms with Gasteiger partial charge < -0.3 is 9.84 Å². The van der Waals surface area contributed by atoms with Gasteiger partial charge in [0.25, 0.3) is 0 Å². The molecule has 0 aromatic heterocycles. The Bertz CT molecular complexity index is 265. The van der Waals surface area contributed by atoms with Crippen molar-refractivity contribution in [2.24, 2.45) is 0 Å². The molecule has 0 bridgehead atoms. The summed E-state index contributed by atoms with van der Waals surface area (Å²) in [6.45, 7) is 8.07. The number of hydrogen-bond acceptors (Lipinski definition) is 3. The molecular formula is C10H19NO4. The second-order valence-electron chi connectivity index (χ2n) is 4.90. The van der Waals surface area contributed by atoms with Crippen LogP contribution in [0.4, 0.5) is 4.79 Å². The molecule has 0 atom stereocenters. The maximum absolute atomic E-state index is 11.6. The first-order valence-corrected chi connectivity index (χ1v) is 4.68. The lowest BCUT2D eigenvalue weighted by Gasteiger charge is -2.33. The summed E-state index contributed by atoms with van der Waals surface area (Å²) < 4.78 is 5.06. The van der Waals surface area contributed by atoms with Crippen molar-refractivity contribution in [3.05, 3.63) is 0 Å². The lowest BCUT2D eigenvalue weighted by molar-refractivity contribution is -0.148. The van der Waals surface area contributed by atoms with Crippen molar-refractivity contribution >= 4 is 12.1 Å². The van der Waals surface area contributed by atoms with Crippen LogP contribution in [0.5, 0.6) is 0 Å². The van der Waals surface area contributed by atoms with Crippen LogP contribution in [0.1, 0.15) is 34.6 Å². The second-order valence-corrected chi connectivity index (χ2v) is 4.90. The zero-order valence-corrected chi connectivity index (χ0v) is 10.1. The first-order valence-electron chi connectivity index (χ1n) is 4.68. The highest BCUT2D eigenvalue weighted by molar-refractivity contribution is 5.83. The van der Waals surface area contributed by atoms with E-state index < -0.39 is 23.2 Å². The highest BCUT2D eigenvalue weighted by atomic mass is 16.6. The van der Waals surface area contributed by atoms with Crippen LogP contribution in [0.2, 0.25) is 0 Å². The van der Waals surface area contributed by atoms with Crippen LogP contribution >= 0.6 is 0 Å². The van der Waals surface area contributed by atoms with Crippen molar-refractivity contribution in [3.63, 3.8) is 0 Å². The van der Waals surface area contributed by atoms with Crippen LogP contribution in [-0.4, -0.2) is 40.3 Å². The molecule has 0 aliphatic carbocycles. The number of likely N-dealkylation sites (N-methyl/N-ethyl adjacent to an activating group) is 1. The number of carbonyl (C=O) groups excluding carboxylic acids is 1. The Morgan fingerprint density at radius 1 is 1.13 bits per heavy atom. The van der Waals surface area contributed by atoms with E-state index in [0.29, 0.717) is 0 Å². The number of ether oxygens (including phenoxy) is 1. The first-order chi connectivity index (χ1) is 6.48. The number of rotatable bonds is 2. The molecule has 0 saturated carbocycles. The predicted octanol–water partition coefficient (Wildman–Crippen LogP) is 1.72. The van der Waals surface area contributed by atoms with Crippen LogP contribution in [0, 0.1) is 0 Å². The Balaban J connectivity index is 4.66. The average Bonchev–Trinajstić information content (AvgIpc) is 1.99. The smallest absolute Gasteiger partial charge is 0.410 e. The van der Waals surface area contributed by atoms with Gasteiger partial charge in [-0.25, -0.2) is 9.59 Å². The summed E-state index contributed by atoms with van der Waals surface area (Å²) in [5.41, 5.74) is -1.90. The number of carboxylic acid groups (broad SMARTS) is 1. The molecule has 5 nitrogen and oxygen atoms in total. The standard InChI is InChI=1S/C10H19NO4/c1-9(2,3)15-8(14)11(6)10(4,5)7(12)13/h1-6H3,(H,12,13). The highest BCUT2D eigenvalue weighted by Crippen LogP contribution is 2.17. The van der Waals surface area contributed by atoms with E-state index in [1.165, 1.54) is 20.9 Å². The summed E-state index contributed by atoms with van der Waals surface area (Å²) in [6.07, 6.45) is -0.644. The van der Waals surface area contributed by atoms with Gasteiger partial charge in [0, 0.05) is 7.05 Å². The van der Waals surface area contributed by atoms with Gasteiger partial charge in [0.05, 0.1) is 0 Å². The average molecular weight is 217 g/mol. The molecule has 5 heteroatoms. The zero-order chi connectivity index (χ0) is 12.4. The summed E-state index contributed by atoms with van der Waals surface area (Å²) in [6, 6.07) is 0. The number of aliphatic carboxylic acids is 1. The Hall–Kier alpha value is -1.26. The molecule has 0 rings (SSSR count). The first kappa shape index (κ1) is 13.7. The van der Waals surface area contributed by atoms with E-state index in [9.17, 15) is 9.59 Å². The minimum absolute atomic E-state index is 0.625. The van der Waals surface area contributed by atoms with Gasteiger partial charge in [-0.2, -0.15) is 0 Å². The van der Waals surface area contributed by atoms with Gasteiger partial charge in [-0.15, -0.1) is 0 Å². The summed E-state index contributed by atoms with van der Waals surface area (Å²) in [5, 5.41) is 8.91. The van der Waals surface area contributed by atoms with Gasteiger partial charge in [0.1, 0.15) is 11.1 Å². The van der Waals surface area contributed by atoms with Crippen molar-refractivity contribution in [1.29, 1.82) is 0 Å². The van der Waals surface area contributed by atoms with Crippen molar-refractivity contribution in [2.45, 2.75) is 45.8 Å². The largest absolute Gasteiger partial charge is 0.480 e. The van der Waals surface area contributed by atoms with E-state index in [4.69, 9.17) is 9.84 Å². The number of nitrogens with zero attached hydrogens (tertiary/aromatic N) is 1. The summed E-state index contributed by atoms with van der Waals surface area (Å²) in [5.74, 6) is -1.07. The molecule has 1 amide bonds. The fraction of sp³-hybridized carbons (Fsp3) is 0.800. The molecule has 88 valence electrons. The van der Waals surface area contributed by atoms with E-state index in [-0.39, 0.29) is 0 Å². The zero-order valence-electron chi connectivity index (χ0n) is 10.1. The Morgan fingerprint density at radius 3 is 1.80 bits per heavy atom. The normalized spacial score (nSPS) is 12.1. The molecule has 0 unspecified atom stereocenters. The maximum Gasteiger partial charge on any atom is 0.410 e. The molecule has 0 aliphatic rings. The van der Waals surface area contributed by atoms with Crippen molar-refractivity contribution in [3.8, 4) is 0 Å². The lowest BCUT2D eigenvalue weighted by Crippen LogP contribution is -2.52. The molecular weight excluding hydrogens is 198 g/mol. The van der Waals surface area contributed by atoms with Gasteiger partial charge in [0.2, 0.25) is 0 Å². The van der Waals surface area contributed by atoms with Crippen molar-refractivity contribution in [2.75, 3.05) is 7.05 Å². The van der Waals surface area contributed by atoms with Crippen LogP contribution in [0.3, 0.4) is 0 Å². The summed E-state index contributed by atoms with van der Waals surface area (Å²) >= 11 is 0. The molecule has 15 heavy (non-hydrogen) atoms. The second kappa shape index (κ2) is 4.08. The summed E-state index contributed by atoms with van der Waals surface area (Å²) in [7, 11) is 1.40. The minimum Gasteiger partial charge on any atom is -0.480 e. The minimum atomic E-state index is -1.28. The third kappa shape index (κ3) is 3.77. The van der Waals surface area contributed by atoms with E-state index >= 15 is 0 Å². The quantitative estimate of drug-likeness (QED) is 0.764. The topological polar surface area (TPSA) is 66.8 Å². The van der Waals surface area contributed by atoms with E-state index in [0.717, 1.165) is 4.90 Å². The Morgan fingerprint density at radius 2 is 1.53 bits per heavy atom. The van der Waals surface area contributed by atoms with Gasteiger partial charge in [-0.1, -0.05) is 0 Å². The van der Waals surface area contributed by atoms with Crippen LogP contribution in [-0.2, 0) is 9.53 Å². The van der Waals surface area contributed by atoms with Crippen LogP contribution in [0.25, 0.3) is 0 Å². The van der Waals surface area contributed by atoms with Crippen LogP contribution < -0.4 is 0 Å². The van der Waals surface area contributed by atoms with Gasteiger partial charge in [-0.05, 0) is 34.6 Å². The third-order valence-electron chi connectivity index (χ3n) is 2.03. The summed E-state index contributed by atoms with van der Waals surface area (Å²) in [4.78, 5) is 23.5. The lowest BCUT2D eigenvalue weighted by atomic mass is 10.1. The fourth-order valence-electron chi connectivity index (χ4n) is 0.702. The number of hydrogen-bond donors (Lipinski definition) is 1. The third-order valence-corrected chi connectivity index (χ3v) is 2.03. The van der Waals surface area contributed by atoms with Crippen molar-refractivity contribution in [1.82, 2.24) is 4.90 Å². The molecule has 0 heterocycles. The monoisotopic (exact) mass is 217 g/mol. The molecule has 1 N–H and O–H groups in total. The number of carbonyl (C=O) groups is 2. The molecule has 0 fully saturated rings. The Kier molecular flexibility index (Phi) is 3.74. The highest BCUT2D eigenvalue weighted by Gasteiger charge is 2.37. The molecule has 0 aliphatic heterocycles. The fourth-order valence-corrected chi connectivity index (χ4v) is 0.702. The molecule has 0 radical (unpaired) electrons. The maximum atomic E-state index is 11.6.